The summed E-state index contributed by atoms with van der Waals surface area (Å²) in [4.78, 5) is 0. The molecule has 0 bridgehead atoms. The second-order valence-electron chi connectivity index (χ2n) is 3.84. The van der Waals surface area contributed by atoms with E-state index in [0.29, 0.717) is 17.9 Å². The number of alkyl halides is 3. The quantitative estimate of drug-likeness (QED) is 0.554. The molecule has 1 heterocycles. The van der Waals surface area contributed by atoms with Gasteiger partial charge in [-0.1, -0.05) is 13.8 Å². The molecule has 2 nitrogen and oxygen atoms in total. The third kappa shape index (κ3) is 3.11. The van der Waals surface area contributed by atoms with Crippen LogP contribution in [0.2, 0.25) is 0 Å². The summed E-state index contributed by atoms with van der Waals surface area (Å²) in [5, 5.41) is 11.1. The molecule has 0 aliphatic rings. The van der Waals surface area contributed by atoms with Crippen LogP contribution in [-0.2, 0) is 12.6 Å². The van der Waals surface area contributed by atoms with Crippen molar-refractivity contribution in [3.05, 3.63) is 34.8 Å². The molecule has 15 heavy (non-hydrogen) atoms. The van der Waals surface area contributed by atoms with Gasteiger partial charge in [0, 0.05) is 11.6 Å². The third-order valence-corrected chi connectivity index (χ3v) is 1.91. The Labute approximate surface area is 85.9 Å². The van der Waals surface area contributed by atoms with Gasteiger partial charge in [-0.3, -0.25) is 0 Å². The smallest absolute Gasteiger partial charge is 0.478 e. The minimum absolute atomic E-state index is 0.113. The highest BCUT2D eigenvalue weighted by molar-refractivity contribution is 5.12. The lowest BCUT2D eigenvalue weighted by Crippen LogP contribution is -2.36. The molecule has 0 N–H and O–H groups in total. The molecule has 0 aliphatic carbocycles. The van der Waals surface area contributed by atoms with Gasteiger partial charge in [-0.25, -0.2) is 0 Å². The zero-order valence-electron chi connectivity index (χ0n) is 8.51. The maximum atomic E-state index is 12.2. The molecule has 1 aromatic rings. The van der Waals surface area contributed by atoms with Crippen molar-refractivity contribution in [3.63, 3.8) is 0 Å². The lowest BCUT2D eigenvalue weighted by Gasteiger charge is -2.09. The summed E-state index contributed by atoms with van der Waals surface area (Å²) >= 11 is 0. The second kappa shape index (κ2) is 4.08. The van der Waals surface area contributed by atoms with Gasteiger partial charge in [0.05, 0.1) is 0 Å². The van der Waals surface area contributed by atoms with Crippen LogP contribution in [0.5, 0.6) is 0 Å². The minimum atomic E-state index is -4.59. The molecule has 0 atom stereocenters. The Kier molecular flexibility index (Phi) is 3.21. The first-order valence-electron chi connectivity index (χ1n) is 4.60. The van der Waals surface area contributed by atoms with Crippen LogP contribution >= 0.6 is 0 Å². The fourth-order valence-corrected chi connectivity index (χ4v) is 1.33. The SMILES string of the molecule is CC(C)Cc1ccc(C(F)(F)F)[n+]([O-])c1. The number of rotatable bonds is 2. The van der Waals surface area contributed by atoms with E-state index in [4.69, 9.17) is 0 Å². The van der Waals surface area contributed by atoms with E-state index in [1.54, 1.807) is 0 Å². The van der Waals surface area contributed by atoms with Crippen LogP contribution in [-0.4, -0.2) is 0 Å². The zero-order valence-corrected chi connectivity index (χ0v) is 8.51. The summed E-state index contributed by atoms with van der Waals surface area (Å²) < 4.78 is 36.6. The van der Waals surface area contributed by atoms with Gasteiger partial charge >= 0.3 is 6.18 Å². The van der Waals surface area contributed by atoms with Crippen LogP contribution in [0.1, 0.15) is 25.1 Å². The molecule has 0 aliphatic heterocycles. The van der Waals surface area contributed by atoms with Crippen molar-refractivity contribution in [1.29, 1.82) is 0 Å². The van der Waals surface area contributed by atoms with E-state index in [1.807, 2.05) is 13.8 Å². The van der Waals surface area contributed by atoms with E-state index in [2.05, 4.69) is 0 Å². The van der Waals surface area contributed by atoms with Crippen molar-refractivity contribution in [2.75, 3.05) is 0 Å². The van der Waals surface area contributed by atoms with Crippen LogP contribution in [0, 0.1) is 11.1 Å². The van der Waals surface area contributed by atoms with Crippen LogP contribution < -0.4 is 4.73 Å². The minimum Gasteiger partial charge on any atom is -0.618 e. The maximum Gasteiger partial charge on any atom is 0.478 e. The highest BCUT2D eigenvalue weighted by Crippen LogP contribution is 2.26. The number of aromatic nitrogens is 1. The molecule has 1 rings (SSSR count). The summed E-state index contributed by atoms with van der Waals surface area (Å²) in [6.07, 6.45) is -3.00. The number of hydrogen-bond acceptors (Lipinski definition) is 1. The van der Waals surface area contributed by atoms with Gasteiger partial charge in [0.1, 0.15) is 0 Å². The summed E-state index contributed by atoms with van der Waals surface area (Å²) in [6.45, 7) is 3.87. The first-order valence-corrected chi connectivity index (χ1v) is 4.60. The zero-order chi connectivity index (χ0) is 11.6. The van der Waals surface area contributed by atoms with Gasteiger partial charge in [-0.15, -0.1) is 0 Å². The van der Waals surface area contributed by atoms with Crippen molar-refractivity contribution in [2.24, 2.45) is 5.92 Å². The molecule has 0 aromatic carbocycles. The lowest BCUT2D eigenvalue weighted by molar-refractivity contribution is -0.629. The first kappa shape index (κ1) is 11.8. The number of pyridine rings is 1. The van der Waals surface area contributed by atoms with E-state index < -0.39 is 11.9 Å². The van der Waals surface area contributed by atoms with Crippen LogP contribution in [0.3, 0.4) is 0 Å². The van der Waals surface area contributed by atoms with Crippen LogP contribution in [0.15, 0.2) is 18.3 Å². The Hall–Kier alpha value is -1.26. The molecule has 0 saturated heterocycles. The van der Waals surface area contributed by atoms with Gasteiger partial charge < -0.3 is 5.21 Å². The molecule has 0 saturated carbocycles. The normalized spacial score (nSPS) is 12.1. The van der Waals surface area contributed by atoms with E-state index >= 15 is 0 Å². The molecule has 0 fully saturated rings. The number of hydrogen-bond donors (Lipinski definition) is 0. The Morgan fingerprint density at radius 2 is 1.93 bits per heavy atom. The van der Waals surface area contributed by atoms with Gasteiger partial charge in [-0.05, 0) is 18.4 Å². The average molecular weight is 219 g/mol. The average Bonchev–Trinajstić information content (AvgIpc) is 1.99. The Bertz CT molecular complexity index is 347. The van der Waals surface area contributed by atoms with E-state index in [0.717, 1.165) is 12.3 Å². The lowest BCUT2D eigenvalue weighted by atomic mass is 10.0. The van der Waals surface area contributed by atoms with Crippen molar-refractivity contribution >= 4 is 0 Å². The monoisotopic (exact) mass is 219 g/mol. The summed E-state index contributed by atoms with van der Waals surface area (Å²) in [7, 11) is 0. The highest BCUT2D eigenvalue weighted by Gasteiger charge is 2.39. The van der Waals surface area contributed by atoms with Crippen molar-refractivity contribution in [2.45, 2.75) is 26.4 Å². The molecule has 1 aromatic heterocycles. The topological polar surface area (TPSA) is 26.9 Å². The second-order valence-corrected chi connectivity index (χ2v) is 3.84. The molecule has 0 unspecified atom stereocenters. The van der Waals surface area contributed by atoms with Crippen LogP contribution in [0.4, 0.5) is 13.2 Å². The summed E-state index contributed by atoms with van der Waals surface area (Å²) in [5.74, 6) is 0.307. The van der Waals surface area contributed by atoms with Gasteiger partial charge in [0.25, 0.3) is 5.69 Å². The largest absolute Gasteiger partial charge is 0.618 e. The fourth-order valence-electron chi connectivity index (χ4n) is 1.33. The number of halogens is 3. The fraction of sp³-hybridized carbons (Fsp3) is 0.500. The molecular weight excluding hydrogens is 207 g/mol. The molecule has 0 spiro atoms. The Balaban J connectivity index is 2.99. The van der Waals surface area contributed by atoms with Crippen molar-refractivity contribution in [1.82, 2.24) is 0 Å². The summed E-state index contributed by atoms with van der Waals surface area (Å²) in [6, 6.07) is 2.17. The molecule has 0 radical (unpaired) electrons. The van der Waals surface area contributed by atoms with E-state index in [1.165, 1.54) is 6.07 Å². The van der Waals surface area contributed by atoms with Gasteiger partial charge in [-0.2, -0.15) is 17.9 Å². The van der Waals surface area contributed by atoms with Crippen molar-refractivity contribution < 1.29 is 17.9 Å². The van der Waals surface area contributed by atoms with Gasteiger partial charge in [0.15, 0.2) is 6.20 Å². The van der Waals surface area contributed by atoms with E-state index in [9.17, 15) is 18.4 Å². The van der Waals surface area contributed by atoms with E-state index in [-0.39, 0.29) is 4.73 Å². The third-order valence-electron chi connectivity index (χ3n) is 1.91. The molecule has 5 heteroatoms. The first-order chi connectivity index (χ1) is 6.80. The summed E-state index contributed by atoms with van der Waals surface area (Å²) in [5.41, 5.74) is -0.553. The molecule has 84 valence electrons. The maximum absolute atomic E-state index is 12.2. The van der Waals surface area contributed by atoms with Crippen molar-refractivity contribution in [3.8, 4) is 0 Å². The predicted octanol–water partition coefficient (Wildman–Crippen LogP) is 2.54. The van der Waals surface area contributed by atoms with Gasteiger partial charge in [0.2, 0.25) is 0 Å². The van der Waals surface area contributed by atoms with Crippen LogP contribution in [0.25, 0.3) is 0 Å². The molecule has 0 amide bonds. The Morgan fingerprint density at radius 1 is 1.33 bits per heavy atom. The number of nitrogens with zero attached hydrogens (tertiary/aromatic N) is 1. The highest BCUT2D eigenvalue weighted by atomic mass is 19.4. The standard InChI is InChI=1S/C10H12F3NO/c1-7(2)5-8-3-4-9(10(11,12)13)14(15)6-8/h3-4,6-7H,5H2,1-2H3. The Morgan fingerprint density at radius 3 is 2.33 bits per heavy atom. The molecular formula is C10H12F3NO. The predicted molar refractivity (Wildman–Crippen MR) is 48.9 cm³/mol.